The van der Waals surface area contributed by atoms with Crippen molar-refractivity contribution in [3.05, 3.63) is 40.2 Å². The van der Waals surface area contributed by atoms with Crippen LogP contribution < -0.4 is 10.4 Å². The Morgan fingerprint density at radius 1 is 1.38 bits per heavy atom. The van der Waals surface area contributed by atoms with Crippen molar-refractivity contribution in [2.45, 2.75) is 25.4 Å². The van der Waals surface area contributed by atoms with Crippen molar-refractivity contribution in [1.82, 2.24) is 9.80 Å². The normalized spacial score (nSPS) is 18.0. The number of hydrogen-bond acceptors (Lipinski definition) is 5. The van der Waals surface area contributed by atoms with Gasteiger partial charge in [-0.1, -0.05) is 0 Å². The summed E-state index contributed by atoms with van der Waals surface area (Å²) in [5.74, 6) is 0.756. The van der Waals surface area contributed by atoms with Gasteiger partial charge in [-0.15, -0.1) is 0 Å². The standard InChI is InChI=1S/C18H22N2O4/c1-19(2)18(22)15-5-4-8-20(15)11-12-9-17(21)24-16-10-13(23-3)6-7-14(12)16/h6-7,9-10,15H,4-5,8,11H2,1-3H3. The fourth-order valence-electron chi connectivity index (χ4n) is 3.28. The predicted molar refractivity (Wildman–Crippen MR) is 91.2 cm³/mol. The van der Waals surface area contributed by atoms with E-state index in [9.17, 15) is 9.59 Å². The lowest BCUT2D eigenvalue weighted by molar-refractivity contribution is -0.133. The van der Waals surface area contributed by atoms with Crippen LogP contribution in [0.2, 0.25) is 0 Å². The first-order chi connectivity index (χ1) is 11.5. The first kappa shape index (κ1) is 16.5. The van der Waals surface area contributed by atoms with Crippen LogP contribution in [0.3, 0.4) is 0 Å². The molecule has 3 rings (SSSR count). The largest absolute Gasteiger partial charge is 0.497 e. The molecule has 1 amide bonds. The maximum absolute atomic E-state index is 12.3. The average molecular weight is 330 g/mol. The van der Waals surface area contributed by atoms with Crippen molar-refractivity contribution in [2.75, 3.05) is 27.7 Å². The number of amides is 1. The summed E-state index contributed by atoms with van der Waals surface area (Å²) in [6.07, 6.45) is 1.83. The molecule has 24 heavy (non-hydrogen) atoms. The summed E-state index contributed by atoms with van der Waals surface area (Å²) < 4.78 is 10.5. The van der Waals surface area contributed by atoms with E-state index in [1.54, 1.807) is 32.2 Å². The molecule has 0 saturated carbocycles. The van der Waals surface area contributed by atoms with Gasteiger partial charge in [0, 0.05) is 38.2 Å². The number of methoxy groups -OCH3 is 1. The van der Waals surface area contributed by atoms with Gasteiger partial charge in [0.25, 0.3) is 0 Å². The van der Waals surface area contributed by atoms with Gasteiger partial charge in [0.15, 0.2) is 0 Å². The molecular formula is C18H22N2O4. The second kappa shape index (κ2) is 6.65. The molecular weight excluding hydrogens is 308 g/mol. The minimum absolute atomic E-state index is 0.112. The van der Waals surface area contributed by atoms with Gasteiger partial charge in [-0.25, -0.2) is 4.79 Å². The van der Waals surface area contributed by atoms with Gasteiger partial charge < -0.3 is 14.1 Å². The highest BCUT2D eigenvalue weighted by Gasteiger charge is 2.31. The van der Waals surface area contributed by atoms with Gasteiger partial charge in [-0.3, -0.25) is 9.69 Å². The summed E-state index contributed by atoms with van der Waals surface area (Å²) in [4.78, 5) is 28.0. The lowest BCUT2D eigenvalue weighted by atomic mass is 10.1. The van der Waals surface area contributed by atoms with Gasteiger partial charge in [-0.2, -0.15) is 0 Å². The Kier molecular flexibility index (Phi) is 4.57. The molecule has 6 heteroatoms. The maximum Gasteiger partial charge on any atom is 0.336 e. The SMILES string of the molecule is COc1ccc2c(CN3CCCC3C(=O)N(C)C)cc(=O)oc2c1. The third-order valence-electron chi connectivity index (χ3n) is 4.50. The molecule has 0 N–H and O–H groups in total. The molecule has 1 aromatic carbocycles. The van der Waals surface area contributed by atoms with Crippen molar-refractivity contribution in [3.63, 3.8) is 0 Å². The van der Waals surface area contributed by atoms with Crippen LogP contribution in [0.5, 0.6) is 5.75 Å². The number of carbonyl (C=O) groups is 1. The van der Waals surface area contributed by atoms with E-state index in [4.69, 9.17) is 9.15 Å². The minimum atomic E-state index is -0.388. The molecule has 0 radical (unpaired) electrons. The monoisotopic (exact) mass is 330 g/mol. The van der Waals surface area contributed by atoms with Crippen molar-refractivity contribution in [1.29, 1.82) is 0 Å². The zero-order valence-electron chi connectivity index (χ0n) is 14.2. The molecule has 0 aliphatic carbocycles. The molecule has 6 nitrogen and oxygen atoms in total. The number of carbonyl (C=O) groups excluding carboxylic acids is 1. The number of ether oxygens (including phenoxy) is 1. The molecule has 2 heterocycles. The van der Waals surface area contributed by atoms with E-state index in [0.717, 1.165) is 30.3 Å². The first-order valence-corrected chi connectivity index (χ1v) is 8.05. The van der Waals surface area contributed by atoms with Gasteiger partial charge in [-0.05, 0) is 37.1 Å². The number of likely N-dealkylation sites (N-methyl/N-ethyl adjacent to an activating group) is 1. The lowest BCUT2D eigenvalue weighted by Gasteiger charge is -2.26. The third-order valence-corrected chi connectivity index (χ3v) is 4.50. The molecule has 1 aromatic heterocycles. The molecule has 0 spiro atoms. The van der Waals surface area contributed by atoms with Gasteiger partial charge in [0.2, 0.25) is 5.91 Å². The van der Waals surface area contributed by atoms with Crippen LogP contribution in [0, 0.1) is 0 Å². The van der Waals surface area contributed by atoms with E-state index in [-0.39, 0.29) is 17.6 Å². The zero-order chi connectivity index (χ0) is 17.3. The zero-order valence-corrected chi connectivity index (χ0v) is 14.2. The topological polar surface area (TPSA) is 63.0 Å². The number of hydrogen-bond donors (Lipinski definition) is 0. The van der Waals surface area contributed by atoms with E-state index in [1.807, 2.05) is 12.1 Å². The summed E-state index contributed by atoms with van der Waals surface area (Å²) in [7, 11) is 5.13. The predicted octanol–water partition coefficient (Wildman–Crippen LogP) is 1.85. The Morgan fingerprint density at radius 3 is 2.88 bits per heavy atom. The van der Waals surface area contributed by atoms with Crippen molar-refractivity contribution in [2.24, 2.45) is 0 Å². The fraction of sp³-hybridized carbons (Fsp3) is 0.444. The molecule has 1 unspecified atom stereocenters. The summed E-state index contributed by atoms with van der Waals surface area (Å²) in [6, 6.07) is 6.85. The van der Waals surface area contributed by atoms with Crippen LogP contribution in [0.15, 0.2) is 33.5 Å². The highest BCUT2D eigenvalue weighted by Crippen LogP contribution is 2.26. The molecule has 0 bridgehead atoms. The summed E-state index contributed by atoms with van der Waals surface area (Å²) in [5.41, 5.74) is 0.995. The number of fused-ring (bicyclic) bond motifs is 1. The van der Waals surface area contributed by atoms with Crippen molar-refractivity contribution >= 4 is 16.9 Å². The average Bonchev–Trinajstić information content (AvgIpc) is 3.01. The van der Waals surface area contributed by atoms with Crippen LogP contribution in [0.4, 0.5) is 0 Å². The molecule has 1 saturated heterocycles. The van der Waals surface area contributed by atoms with Crippen LogP contribution in [0.1, 0.15) is 18.4 Å². The molecule has 1 aliphatic heterocycles. The van der Waals surface area contributed by atoms with Gasteiger partial charge >= 0.3 is 5.63 Å². The summed E-state index contributed by atoms with van der Waals surface area (Å²) in [6.45, 7) is 1.40. The van der Waals surface area contributed by atoms with E-state index in [1.165, 1.54) is 6.07 Å². The lowest BCUT2D eigenvalue weighted by Crippen LogP contribution is -2.42. The van der Waals surface area contributed by atoms with E-state index >= 15 is 0 Å². The number of likely N-dealkylation sites (tertiary alicyclic amines) is 1. The van der Waals surface area contributed by atoms with Gasteiger partial charge in [0.05, 0.1) is 13.2 Å². The minimum Gasteiger partial charge on any atom is -0.497 e. The second-order valence-electron chi connectivity index (χ2n) is 6.31. The molecule has 2 aromatic rings. The van der Waals surface area contributed by atoms with Crippen LogP contribution in [0.25, 0.3) is 11.0 Å². The number of rotatable bonds is 4. The smallest absolute Gasteiger partial charge is 0.336 e. The number of nitrogens with zero attached hydrogens (tertiary/aromatic N) is 2. The quantitative estimate of drug-likeness (QED) is 0.801. The molecule has 128 valence electrons. The highest BCUT2D eigenvalue weighted by molar-refractivity contribution is 5.83. The van der Waals surface area contributed by atoms with Crippen LogP contribution in [-0.2, 0) is 11.3 Å². The van der Waals surface area contributed by atoms with E-state index in [2.05, 4.69) is 4.90 Å². The second-order valence-corrected chi connectivity index (χ2v) is 6.31. The van der Waals surface area contributed by atoms with Crippen molar-refractivity contribution < 1.29 is 13.9 Å². The van der Waals surface area contributed by atoms with Crippen LogP contribution in [-0.4, -0.2) is 49.5 Å². The van der Waals surface area contributed by atoms with Crippen molar-refractivity contribution in [3.8, 4) is 5.75 Å². The Morgan fingerprint density at radius 2 is 2.17 bits per heavy atom. The Hall–Kier alpha value is -2.34. The van der Waals surface area contributed by atoms with E-state index < -0.39 is 0 Å². The fourth-order valence-corrected chi connectivity index (χ4v) is 3.28. The first-order valence-electron chi connectivity index (χ1n) is 8.05. The van der Waals surface area contributed by atoms with Gasteiger partial charge in [0.1, 0.15) is 11.3 Å². The third kappa shape index (κ3) is 3.14. The summed E-state index contributed by atoms with van der Waals surface area (Å²) >= 11 is 0. The maximum atomic E-state index is 12.3. The molecule has 1 fully saturated rings. The summed E-state index contributed by atoms with van der Waals surface area (Å²) in [5, 5.41) is 0.873. The number of benzene rings is 1. The molecule has 1 aliphatic rings. The molecule has 1 atom stereocenters. The highest BCUT2D eigenvalue weighted by atomic mass is 16.5. The Bertz CT molecular complexity index is 812. The Labute approximate surface area is 140 Å². The van der Waals surface area contributed by atoms with Crippen LogP contribution >= 0.6 is 0 Å². The van der Waals surface area contributed by atoms with E-state index in [0.29, 0.717) is 17.9 Å². The Balaban J connectivity index is 1.95.